The number of amides is 1. The van der Waals surface area contributed by atoms with Gasteiger partial charge in [-0.3, -0.25) is 4.79 Å². The first-order valence-corrected chi connectivity index (χ1v) is 9.15. The van der Waals surface area contributed by atoms with Gasteiger partial charge in [0.25, 0.3) is 0 Å². The van der Waals surface area contributed by atoms with E-state index in [-0.39, 0.29) is 11.3 Å². The third-order valence-corrected chi connectivity index (χ3v) is 5.07. The van der Waals surface area contributed by atoms with Crippen LogP contribution in [0, 0.1) is 13.8 Å². The molecular weight excluding hydrogens is 310 g/mol. The molecule has 3 nitrogen and oxygen atoms in total. The van der Waals surface area contributed by atoms with Gasteiger partial charge in [-0.2, -0.15) is 0 Å². The van der Waals surface area contributed by atoms with Crippen molar-refractivity contribution in [3.05, 3.63) is 65.2 Å². The van der Waals surface area contributed by atoms with E-state index in [1.54, 1.807) is 0 Å². The van der Waals surface area contributed by atoms with Gasteiger partial charge >= 0.3 is 0 Å². The van der Waals surface area contributed by atoms with Gasteiger partial charge in [-0.15, -0.1) is 0 Å². The minimum Gasteiger partial charge on any atom is -0.492 e. The first kappa shape index (κ1) is 17.5. The molecular formula is C22H27NO2. The molecule has 0 saturated heterocycles. The Morgan fingerprint density at radius 1 is 1.04 bits per heavy atom. The van der Waals surface area contributed by atoms with Gasteiger partial charge in [0, 0.05) is 0 Å². The second-order valence-electron chi connectivity index (χ2n) is 7.08. The van der Waals surface area contributed by atoms with Crippen LogP contribution in [0.1, 0.15) is 42.4 Å². The molecule has 1 amide bonds. The Bertz CT molecular complexity index is 698. The highest BCUT2D eigenvalue weighted by Gasteiger charge is 2.42. The number of hydrogen-bond acceptors (Lipinski definition) is 2. The number of hydrogen-bond donors (Lipinski definition) is 1. The third kappa shape index (κ3) is 4.04. The molecule has 1 fully saturated rings. The fourth-order valence-corrected chi connectivity index (χ4v) is 3.90. The summed E-state index contributed by atoms with van der Waals surface area (Å²) in [4.78, 5) is 12.9. The summed E-state index contributed by atoms with van der Waals surface area (Å²) in [6.07, 6.45) is 4.09. The van der Waals surface area contributed by atoms with E-state index < -0.39 is 0 Å². The molecule has 0 heterocycles. The molecule has 1 N–H and O–H groups in total. The number of nitrogens with one attached hydrogen (secondary N) is 1. The minimum atomic E-state index is -0.360. The van der Waals surface area contributed by atoms with E-state index in [0.29, 0.717) is 13.2 Å². The van der Waals surface area contributed by atoms with Crippen molar-refractivity contribution in [3.63, 3.8) is 0 Å². The second-order valence-corrected chi connectivity index (χ2v) is 7.08. The zero-order valence-corrected chi connectivity index (χ0v) is 15.2. The smallest absolute Gasteiger partial charge is 0.230 e. The quantitative estimate of drug-likeness (QED) is 0.798. The van der Waals surface area contributed by atoms with Gasteiger partial charge in [0.05, 0.1) is 12.0 Å². The van der Waals surface area contributed by atoms with Gasteiger partial charge in [0.1, 0.15) is 12.4 Å². The lowest BCUT2D eigenvalue weighted by Crippen LogP contribution is -2.43. The molecule has 1 aliphatic carbocycles. The summed E-state index contributed by atoms with van der Waals surface area (Å²) in [6, 6.07) is 16.4. The molecule has 0 aliphatic heterocycles. The summed E-state index contributed by atoms with van der Waals surface area (Å²) < 4.78 is 5.80. The highest BCUT2D eigenvalue weighted by Crippen LogP contribution is 2.41. The first-order valence-electron chi connectivity index (χ1n) is 9.15. The monoisotopic (exact) mass is 337 g/mol. The van der Waals surface area contributed by atoms with Gasteiger partial charge in [0.2, 0.25) is 5.91 Å². The predicted octanol–water partition coefficient (Wildman–Crippen LogP) is 4.31. The minimum absolute atomic E-state index is 0.139. The van der Waals surface area contributed by atoms with E-state index in [2.05, 4.69) is 37.4 Å². The van der Waals surface area contributed by atoms with Crippen molar-refractivity contribution in [2.24, 2.45) is 0 Å². The van der Waals surface area contributed by atoms with E-state index in [0.717, 1.165) is 37.0 Å². The number of rotatable bonds is 6. The van der Waals surface area contributed by atoms with E-state index >= 15 is 0 Å². The summed E-state index contributed by atoms with van der Waals surface area (Å²) in [7, 11) is 0. The van der Waals surface area contributed by atoms with E-state index in [9.17, 15) is 4.79 Å². The lowest BCUT2D eigenvalue weighted by atomic mass is 9.78. The van der Waals surface area contributed by atoms with Crippen LogP contribution >= 0.6 is 0 Å². The van der Waals surface area contributed by atoms with Crippen molar-refractivity contribution in [2.75, 3.05) is 13.2 Å². The summed E-state index contributed by atoms with van der Waals surface area (Å²) in [6.45, 7) is 5.14. The summed E-state index contributed by atoms with van der Waals surface area (Å²) >= 11 is 0. The van der Waals surface area contributed by atoms with Gasteiger partial charge < -0.3 is 10.1 Å². The van der Waals surface area contributed by atoms with E-state index in [1.165, 1.54) is 11.1 Å². The molecule has 1 saturated carbocycles. The largest absolute Gasteiger partial charge is 0.492 e. The Labute approximate surface area is 150 Å². The fraction of sp³-hybridized carbons (Fsp3) is 0.409. The summed E-state index contributed by atoms with van der Waals surface area (Å²) in [5.41, 5.74) is 3.16. The van der Waals surface area contributed by atoms with E-state index in [4.69, 9.17) is 4.74 Å². The average Bonchev–Trinajstić information content (AvgIpc) is 3.10. The van der Waals surface area contributed by atoms with Crippen LogP contribution in [0.3, 0.4) is 0 Å². The van der Waals surface area contributed by atoms with Crippen molar-refractivity contribution >= 4 is 5.91 Å². The zero-order chi connectivity index (χ0) is 17.7. The van der Waals surface area contributed by atoms with Gasteiger partial charge in [0.15, 0.2) is 0 Å². The molecule has 0 spiro atoms. The maximum absolute atomic E-state index is 12.9. The Kier molecular flexibility index (Phi) is 5.42. The SMILES string of the molecule is Cc1cc(C)cc(OCCNC(=O)C2(c3ccccc3)CCCC2)c1. The Hall–Kier alpha value is -2.29. The van der Waals surface area contributed by atoms with Crippen LogP contribution in [-0.4, -0.2) is 19.1 Å². The predicted molar refractivity (Wildman–Crippen MR) is 101 cm³/mol. The first-order chi connectivity index (χ1) is 12.1. The number of aryl methyl sites for hydroxylation is 2. The fourth-order valence-electron chi connectivity index (χ4n) is 3.90. The second kappa shape index (κ2) is 7.73. The van der Waals surface area contributed by atoms with Crippen molar-refractivity contribution in [3.8, 4) is 5.75 Å². The molecule has 3 heteroatoms. The molecule has 0 atom stereocenters. The molecule has 0 aromatic heterocycles. The summed E-state index contributed by atoms with van der Waals surface area (Å²) in [5.74, 6) is 1.01. The van der Waals surface area contributed by atoms with Crippen LogP contribution in [0.2, 0.25) is 0 Å². The number of carbonyl (C=O) groups excluding carboxylic acids is 1. The van der Waals surface area contributed by atoms with Crippen LogP contribution in [0.25, 0.3) is 0 Å². The zero-order valence-electron chi connectivity index (χ0n) is 15.2. The highest BCUT2D eigenvalue weighted by molar-refractivity contribution is 5.88. The average molecular weight is 337 g/mol. The molecule has 0 unspecified atom stereocenters. The summed E-state index contributed by atoms with van der Waals surface area (Å²) in [5, 5.41) is 3.10. The molecule has 0 bridgehead atoms. The van der Waals surface area contributed by atoms with Crippen LogP contribution in [0.15, 0.2) is 48.5 Å². The highest BCUT2D eigenvalue weighted by atomic mass is 16.5. The normalized spacial score (nSPS) is 15.8. The van der Waals surface area contributed by atoms with Crippen LogP contribution in [-0.2, 0) is 10.2 Å². The van der Waals surface area contributed by atoms with Gasteiger partial charge in [-0.1, -0.05) is 49.2 Å². The number of ether oxygens (including phenoxy) is 1. The maximum atomic E-state index is 12.9. The lowest BCUT2D eigenvalue weighted by Gasteiger charge is -2.28. The third-order valence-electron chi connectivity index (χ3n) is 5.07. The molecule has 25 heavy (non-hydrogen) atoms. The molecule has 2 aromatic rings. The van der Waals surface area contributed by atoms with Crippen molar-refractivity contribution in [2.45, 2.75) is 44.9 Å². The van der Waals surface area contributed by atoms with Crippen molar-refractivity contribution in [1.82, 2.24) is 5.32 Å². The van der Waals surface area contributed by atoms with Gasteiger partial charge in [-0.25, -0.2) is 0 Å². The number of carbonyl (C=O) groups is 1. The van der Waals surface area contributed by atoms with Gasteiger partial charge in [-0.05, 0) is 55.5 Å². The van der Waals surface area contributed by atoms with E-state index in [1.807, 2.05) is 30.3 Å². The molecule has 132 valence electrons. The standard InChI is InChI=1S/C22H27NO2/c1-17-14-18(2)16-20(15-17)25-13-12-23-21(24)22(10-6-7-11-22)19-8-4-3-5-9-19/h3-5,8-9,14-16H,6-7,10-13H2,1-2H3,(H,23,24). The van der Waals surface area contributed by atoms with Crippen molar-refractivity contribution in [1.29, 1.82) is 0 Å². The maximum Gasteiger partial charge on any atom is 0.230 e. The Balaban J connectivity index is 1.58. The van der Waals surface area contributed by atoms with Crippen LogP contribution in [0.4, 0.5) is 0 Å². The topological polar surface area (TPSA) is 38.3 Å². The number of benzene rings is 2. The Morgan fingerprint density at radius 3 is 2.32 bits per heavy atom. The lowest BCUT2D eigenvalue weighted by molar-refractivity contribution is -0.126. The molecule has 3 rings (SSSR count). The van der Waals surface area contributed by atoms with Crippen LogP contribution < -0.4 is 10.1 Å². The molecule has 1 aliphatic rings. The Morgan fingerprint density at radius 2 is 1.68 bits per heavy atom. The molecule has 0 radical (unpaired) electrons. The van der Waals surface area contributed by atoms with Crippen LogP contribution in [0.5, 0.6) is 5.75 Å². The van der Waals surface area contributed by atoms with Crippen molar-refractivity contribution < 1.29 is 9.53 Å². The molecule has 2 aromatic carbocycles.